The van der Waals surface area contributed by atoms with Gasteiger partial charge in [-0.2, -0.15) is 0 Å². The Morgan fingerprint density at radius 3 is 2.53 bits per heavy atom. The highest BCUT2D eigenvalue weighted by molar-refractivity contribution is 5.82. The van der Waals surface area contributed by atoms with E-state index in [1.54, 1.807) is 0 Å². The van der Waals surface area contributed by atoms with E-state index >= 15 is 0 Å². The van der Waals surface area contributed by atoms with E-state index in [1.807, 2.05) is 32.0 Å². The highest BCUT2D eigenvalue weighted by Gasteiger charge is 2.19. The van der Waals surface area contributed by atoms with Crippen LogP contribution >= 0.6 is 0 Å². The first-order valence-corrected chi connectivity index (χ1v) is 4.78. The molecule has 1 unspecified atom stereocenters. The molecule has 0 aliphatic carbocycles. The molecule has 82 valence electrons. The third kappa shape index (κ3) is 2.55. The van der Waals surface area contributed by atoms with Crippen LogP contribution in [0.15, 0.2) is 18.2 Å². The molecule has 0 heterocycles. The zero-order valence-electron chi connectivity index (χ0n) is 9.32. The molecule has 0 saturated carbocycles. The summed E-state index contributed by atoms with van der Waals surface area (Å²) in [5.41, 5.74) is 8.75. The summed E-state index contributed by atoms with van der Waals surface area (Å²) in [4.78, 5) is 11.6. The molecule has 1 aromatic carbocycles. The van der Waals surface area contributed by atoms with Crippen LogP contribution < -0.4 is 11.6 Å². The molecule has 1 rings (SSSR count). The van der Waals surface area contributed by atoms with Crippen LogP contribution in [0.1, 0.15) is 22.7 Å². The van der Waals surface area contributed by atoms with E-state index < -0.39 is 6.04 Å². The first-order valence-electron chi connectivity index (χ1n) is 4.78. The second kappa shape index (κ2) is 4.42. The van der Waals surface area contributed by atoms with E-state index in [0.717, 1.165) is 21.7 Å². The molecule has 4 nitrogen and oxygen atoms in total. The van der Waals surface area contributed by atoms with Crippen molar-refractivity contribution in [1.29, 1.82) is 0 Å². The van der Waals surface area contributed by atoms with Gasteiger partial charge in [-0.3, -0.25) is 9.80 Å². The molecule has 0 aliphatic rings. The van der Waals surface area contributed by atoms with Gasteiger partial charge in [0.05, 0.1) is 0 Å². The average Bonchev–Trinajstić information content (AvgIpc) is 2.19. The summed E-state index contributed by atoms with van der Waals surface area (Å²) < 4.78 is 0. The highest BCUT2D eigenvalue weighted by atomic mass is 16.2. The lowest BCUT2D eigenvalue weighted by atomic mass is 9.99. The second-order valence-corrected chi connectivity index (χ2v) is 3.79. The molecular weight excluding hydrogens is 190 g/mol. The Kier molecular flexibility index (Phi) is 3.44. The van der Waals surface area contributed by atoms with Gasteiger partial charge in [0.2, 0.25) is 0 Å². The van der Waals surface area contributed by atoms with E-state index in [0.29, 0.717) is 0 Å². The molecule has 4 N–H and O–H groups in total. The maximum Gasteiger partial charge on any atom is 0.257 e. The molecule has 0 aliphatic heterocycles. The zero-order valence-corrected chi connectivity index (χ0v) is 9.32. The number of hydrogen-bond acceptors (Lipinski definition) is 3. The number of aryl methyl sites for hydroxylation is 2. The summed E-state index contributed by atoms with van der Waals surface area (Å²) in [7, 11) is 1.49. The summed E-state index contributed by atoms with van der Waals surface area (Å²) >= 11 is 0. The maximum atomic E-state index is 11.6. The van der Waals surface area contributed by atoms with Crippen molar-refractivity contribution in [3.05, 3.63) is 34.9 Å². The van der Waals surface area contributed by atoms with E-state index in [1.165, 1.54) is 7.05 Å². The number of nitrogens with zero attached hydrogens (tertiary/aromatic N) is 1. The van der Waals surface area contributed by atoms with Crippen LogP contribution in [0.2, 0.25) is 0 Å². The number of amides is 1. The Morgan fingerprint density at radius 2 is 2.00 bits per heavy atom. The number of rotatable bonds is 2. The van der Waals surface area contributed by atoms with Crippen LogP contribution in [0.5, 0.6) is 0 Å². The molecule has 0 saturated heterocycles. The quantitative estimate of drug-likeness (QED) is 0.424. The van der Waals surface area contributed by atoms with Gasteiger partial charge in [-0.1, -0.05) is 23.8 Å². The Bertz CT molecular complexity index is 374. The molecule has 0 bridgehead atoms. The van der Waals surface area contributed by atoms with Crippen molar-refractivity contribution in [3.8, 4) is 0 Å². The third-order valence-electron chi connectivity index (χ3n) is 2.38. The van der Waals surface area contributed by atoms with E-state index in [2.05, 4.69) is 0 Å². The van der Waals surface area contributed by atoms with Gasteiger partial charge in [-0.25, -0.2) is 5.84 Å². The molecule has 15 heavy (non-hydrogen) atoms. The maximum absolute atomic E-state index is 11.6. The van der Waals surface area contributed by atoms with Crippen molar-refractivity contribution in [2.45, 2.75) is 19.9 Å². The highest BCUT2D eigenvalue weighted by Crippen LogP contribution is 2.18. The van der Waals surface area contributed by atoms with Crippen LogP contribution in [-0.4, -0.2) is 18.0 Å². The van der Waals surface area contributed by atoms with E-state index in [4.69, 9.17) is 11.6 Å². The van der Waals surface area contributed by atoms with Crippen LogP contribution in [0.4, 0.5) is 0 Å². The molecule has 1 atom stereocenters. The minimum atomic E-state index is -0.681. The van der Waals surface area contributed by atoms with Gasteiger partial charge in [0.25, 0.3) is 5.91 Å². The first kappa shape index (κ1) is 11.7. The molecule has 0 aromatic heterocycles. The van der Waals surface area contributed by atoms with Crippen molar-refractivity contribution in [2.24, 2.45) is 11.6 Å². The normalized spacial score (nSPS) is 12.3. The minimum absolute atomic E-state index is 0.288. The summed E-state index contributed by atoms with van der Waals surface area (Å²) in [6.45, 7) is 3.89. The van der Waals surface area contributed by atoms with Crippen molar-refractivity contribution < 1.29 is 4.79 Å². The lowest BCUT2D eigenvalue weighted by Crippen LogP contribution is -2.40. The average molecular weight is 207 g/mol. The number of hydrazine groups is 1. The van der Waals surface area contributed by atoms with Gasteiger partial charge in [0, 0.05) is 7.05 Å². The van der Waals surface area contributed by atoms with Crippen LogP contribution in [0.3, 0.4) is 0 Å². The number of hydrogen-bond donors (Lipinski definition) is 2. The molecule has 1 aromatic rings. The van der Waals surface area contributed by atoms with Crippen molar-refractivity contribution in [3.63, 3.8) is 0 Å². The lowest BCUT2D eigenvalue weighted by molar-refractivity contribution is -0.131. The predicted octanol–water partition coefficient (Wildman–Crippen LogP) is 0.635. The lowest BCUT2D eigenvalue weighted by Gasteiger charge is -2.18. The number of benzene rings is 1. The monoisotopic (exact) mass is 207 g/mol. The van der Waals surface area contributed by atoms with Crippen LogP contribution in [0, 0.1) is 13.8 Å². The molecule has 0 spiro atoms. The standard InChI is InChI=1S/C11H17N3O/c1-7-4-5-8(2)9(6-7)10(12)11(15)14(3)13/h4-6,10H,12-13H2,1-3H3. The number of carbonyl (C=O) groups is 1. The van der Waals surface area contributed by atoms with E-state index in [-0.39, 0.29) is 5.91 Å². The number of nitrogens with two attached hydrogens (primary N) is 2. The summed E-state index contributed by atoms with van der Waals surface area (Å²) in [5.74, 6) is 5.08. The third-order valence-corrected chi connectivity index (χ3v) is 2.38. The van der Waals surface area contributed by atoms with Gasteiger partial charge in [-0.05, 0) is 25.0 Å². The largest absolute Gasteiger partial charge is 0.316 e. The van der Waals surface area contributed by atoms with Gasteiger partial charge in [-0.15, -0.1) is 0 Å². The van der Waals surface area contributed by atoms with Gasteiger partial charge in [0.15, 0.2) is 0 Å². The SMILES string of the molecule is Cc1ccc(C)c(C(N)C(=O)N(C)N)c1. The molecule has 0 radical (unpaired) electrons. The predicted molar refractivity (Wildman–Crippen MR) is 59.8 cm³/mol. The van der Waals surface area contributed by atoms with Gasteiger partial charge < -0.3 is 5.73 Å². The molecule has 4 heteroatoms. The Hall–Kier alpha value is -1.39. The van der Waals surface area contributed by atoms with Crippen LogP contribution in [0.25, 0.3) is 0 Å². The van der Waals surface area contributed by atoms with Gasteiger partial charge in [0.1, 0.15) is 6.04 Å². The Balaban J connectivity index is 3.05. The molecule has 1 amide bonds. The van der Waals surface area contributed by atoms with Crippen molar-refractivity contribution in [1.82, 2.24) is 5.01 Å². The number of likely N-dealkylation sites (N-methyl/N-ethyl adjacent to an activating group) is 1. The van der Waals surface area contributed by atoms with Crippen molar-refractivity contribution >= 4 is 5.91 Å². The summed E-state index contributed by atoms with van der Waals surface area (Å²) in [6.07, 6.45) is 0. The van der Waals surface area contributed by atoms with E-state index in [9.17, 15) is 4.79 Å². The molecular formula is C11H17N3O. The smallest absolute Gasteiger partial charge is 0.257 e. The fourth-order valence-electron chi connectivity index (χ4n) is 1.45. The Labute approximate surface area is 89.8 Å². The first-order chi connectivity index (χ1) is 6.93. The molecule has 0 fully saturated rings. The Morgan fingerprint density at radius 1 is 1.40 bits per heavy atom. The second-order valence-electron chi connectivity index (χ2n) is 3.79. The fraction of sp³-hybridized carbons (Fsp3) is 0.364. The summed E-state index contributed by atoms with van der Waals surface area (Å²) in [6, 6.07) is 5.18. The van der Waals surface area contributed by atoms with Crippen LogP contribution in [-0.2, 0) is 4.79 Å². The minimum Gasteiger partial charge on any atom is -0.316 e. The van der Waals surface area contributed by atoms with Crippen molar-refractivity contribution in [2.75, 3.05) is 7.05 Å². The zero-order chi connectivity index (χ0) is 11.6. The fourth-order valence-corrected chi connectivity index (χ4v) is 1.45. The van der Waals surface area contributed by atoms with Gasteiger partial charge >= 0.3 is 0 Å². The topological polar surface area (TPSA) is 72.4 Å². The number of carbonyl (C=O) groups excluding carboxylic acids is 1. The summed E-state index contributed by atoms with van der Waals surface area (Å²) in [5, 5.41) is 1.02.